The van der Waals surface area contributed by atoms with E-state index in [2.05, 4.69) is 10.3 Å². The molecule has 0 spiro atoms. The van der Waals surface area contributed by atoms with Crippen molar-refractivity contribution in [3.8, 4) is 0 Å². The summed E-state index contributed by atoms with van der Waals surface area (Å²) >= 11 is 0. The van der Waals surface area contributed by atoms with Crippen LogP contribution in [0.25, 0.3) is 0 Å². The molecule has 1 aromatic rings. The highest BCUT2D eigenvalue weighted by atomic mass is 16.3. The highest BCUT2D eigenvalue weighted by molar-refractivity contribution is 5.60. The van der Waals surface area contributed by atoms with E-state index in [0.29, 0.717) is 6.54 Å². The summed E-state index contributed by atoms with van der Waals surface area (Å²) in [4.78, 5) is 25.6. The first kappa shape index (κ1) is 16.3. The van der Waals surface area contributed by atoms with Gasteiger partial charge in [-0.1, -0.05) is 13.8 Å². The number of nitrogens with zero attached hydrogens (tertiary/aromatic N) is 1. The molecule has 0 bridgehead atoms. The molecule has 0 aromatic carbocycles. The van der Waals surface area contributed by atoms with Gasteiger partial charge in [0.15, 0.2) is 0 Å². The van der Waals surface area contributed by atoms with Crippen LogP contribution in [0.2, 0.25) is 0 Å². The third kappa shape index (κ3) is 3.84. The predicted octanol–water partition coefficient (Wildman–Crippen LogP) is -1.07. The predicted molar refractivity (Wildman–Crippen MR) is 76.8 cm³/mol. The Hall–Kier alpha value is -1.80. The fourth-order valence-electron chi connectivity index (χ4n) is 1.64. The van der Waals surface area contributed by atoms with Gasteiger partial charge in [0.05, 0.1) is 6.61 Å². The number of nitrogen functional groups attached to an aromatic ring is 1. The van der Waals surface area contributed by atoms with Crippen molar-refractivity contribution in [2.24, 2.45) is 5.92 Å². The summed E-state index contributed by atoms with van der Waals surface area (Å²) in [5.74, 6) is 0.190. The molecule has 1 unspecified atom stereocenters. The van der Waals surface area contributed by atoms with Crippen LogP contribution in [0.3, 0.4) is 0 Å². The van der Waals surface area contributed by atoms with E-state index in [1.165, 1.54) is 11.5 Å². The van der Waals surface area contributed by atoms with Gasteiger partial charge in [-0.3, -0.25) is 14.3 Å². The monoisotopic (exact) mass is 286 g/mol. The molecule has 114 valence electrons. The zero-order chi connectivity index (χ0) is 15.5. The number of hydrogen-bond acceptors (Lipinski definition) is 6. The molecule has 1 atom stereocenters. The molecular weight excluding hydrogens is 264 g/mol. The van der Waals surface area contributed by atoms with Crippen LogP contribution < -0.4 is 22.3 Å². The highest BCUT2D eigenvalue weighted by Crippen LogP contribution is 2.13. The van der Waals surface area contributed by atoms with E-state index in [9.17, 15) is 14.7 Å². The summed E-state index contributed by atoms with van der Waals surface area (Å²) in [5.41, 5.74) is 3.24. The van der Waals surface area contributed by atoms with Gasteiger partial charge in [0.1, 0.15) is 17.1 Å². The van der Waals surface area contributed by atoms with Crippen molar-refractivity contribution in [3.05, 3.63) is 20.8 Å². The Morgan fingerprint density at radius 2 is 2.05 bits per heavy atom. The minimum Gasteiger partial charge on any atom is -0.393 e. The second-order valence-electron chi connectivity index (χ2n) is 5.53. The third-order valence-electron chi connectivity index (χ3n) is 2.77. The van der Waals surface area contributed by atoms with E-state index in [4.69, 9.17) is 10.8 Å². The van der Waals surface area contributed by atoms with Crippen molar-refractivity contribution in [1.82, 2.24) is 9.55 Å². The van der Waals surface area contributed by atoms with Crippen LogP contribution in [0.1, 0.15) is 20.8 Å². The molecule has 0 aliphatic heterocycles. The lowest BCUT2D eigenvalue weighted by Gasteiger charge is -2.22. The molecule has 0 aliphatic carbocycles. The van der Waals surface area contributed by atoms with E-state index in [1.807, 2.05) is 13.8 Å². The van der Waals surface area contributed by atoms with E-state index in [-0.39, 0.29) is 24.0 Å². The number of hydrogen-bond donors (Lipinski definition) is 5. The summed E-state index contributed by atoms with van der Waals surface area (Å²) in [7, 11) is 0. The molecule has 8 heteroatoms. The van der Waals surface area contributed by atoms with Gasteiger partial charge in [-0.15, -0.1) is 0 Å². The Bertz CT molecular complexity index is 574. The van der Waals surface area contributed by atoms with Crippen LogP contribution in [0.4, 0.5) is 11.5 Å². The number of aromatic nitrogens is 2. The second-order valence-corrected chi connectivity index (χ2v) is 5.53. The standard InChI is InChI=1S/C12H22N4O4/c1-7(2)4-16-9(13)8(10(18)15-11(16)19)14-5-12(3,20)6-17/h7,14,17,20H,4-6,13H2,1-3H3,(H,15,18,19). The number of H-pyrrole nitrogens is 1. The van der Waals surface area contributed by atoms with Gasteiger partial charge in [-0.05, 0) is 12.8 Å². The molecule has 0 amide bonds. The topological polar surface area (TPSA) is 133 Å². The fourth-order valence-corrected chi connectivity index (χ4v) is 1.64. The van der Waals surface area contributed by atoms with Gasteiger partial charge in [-0.25, -0.2) is 4.79 Å². The molecule has 8 nitrogen and oxygen atoms in total. The van der Waals surface area contributed by atoms with E-state index in [1.54, 1.807) is 0 Å². The number of anilines is 2. The Morgan fingerprint density at radius 1 is 1.45 bits per heavy atom. The van der Waals surface area contributed by atoms with E-state index >= 15 is 0 Å². The number of nitrogens with one attached hydrogen (secondary N) is 2. The average Bonchev–Trinajstić information content (AvgIpc) is 2.33. The zero-order valence-corrected chi connectivity index (χ0v) is 11.9. The normalized spacial score (nSPS) is 14.3. The Kier molecular flexibility index (Phi) is 4.96. The summed E-state index contributed by atoms with van der Waals surface area (Å²) in [6, 6.07) is 0. The molecule has 0 fully saturated rings. The molecule has 0 radical (unpaired) electrons. The van der Waals surface area contributed by atoms with Crippen molar-refractivity contribution in [2.75, 3.05) is 24.2 Å². The smallest absolute Gasteiger partial charge is 0.330 e. The number of rotatable bonds is 6. The van der Waals surface area contributed by atoms with Gasteiger partial charge in [0.25, 0.3) is 5.56 Å². The molecule has 0 saturated heterocycles. The van der Waals surface area contributed by atoms with Gasteiger partial charge in [0, 0.05) is 13.1 Å². The Balaban J connectivity index is 3.14. The molecule has 1 heterocycles. The van der Waals surface area contributed by atoms with Crippen LogP contribution in [0.15, 0.2) is 9.59 Å². The van der Waals surface area contributed by atoms with Gasteiger partial charge >= 0.3 is 5.69 Å². The minimum atomic E-state index is -1.39. The SMILES string of the molecule is CC(C)Cn1c(N)c(NCC(C)(O)CO)c(=O)[nH]c1=O. The van der Waals surface area contributed by atoms with Crippen LogP contribution in [-0.2, 0) is 6.54 Å². The molecule has 6 N–H and O–H groups in total. The summed E-state index contributed by atoms with van der Waals surface area (Å²) in [5, 5.41) is 21.3. The first-order chi connectivity index (χ1) is 9.18. The molecule has 1 rings (SSSR count). The Morgan fingerprint density at radius 3 is 2.55 bits per heavy atom. The summed E-state index contributed by atoms with van der Waals surface area (Å²) < 4.78 is 1.27. The maximum Gasteiger partial charge on any atom is 0.330 e. The number of aromatic amines is 1. The van der Waals surface area contributed by atoms with Gasteiger partial charge < -0.3 is 21.3 Å². The first-order valence-corrected chi connectivity index (χ1v) is 6.37. The molecular formula is C12H22N4O4. The summed E-state index contributed by atoms with van der Waals surface area (Å²) in [6.07, 6.45) is 0. The highest BCUT2D eigenvalue weighted by Gasteiger charge is 2.21. The van der Waals surface area contributed by atoms with Crippen molar-refractivity contribution >= 4 is 11.5 Å². The first-order valence-electron chi connectivity index (χ1n) is 6.37. The quantitative estimate of drug-likeness (QED) is 0.452. The summed E-state index contributed by atoms with van der Waals surface area (Å²) in [6.45, 7) is 5.07. The third-order valence-corrected chi connectivity index (χ3v) is 2.77. The van der Waals surface area contributed by atoms with Crippen LogP contribution >= 0.6 is 0 Å². The largest absolute Gasteiger partial charge is 0.393 e. The maximum absolute atomic E-state index is 11.7. The van der Waals surface area contributed by atoms with E-state index < -0.39 is 23.5 Å². The molecule has 0 aliphatic rings. The lowest BCUT2D eigenvalue weighted by molar-refractivity contribution is 0.0132. The van der Waals surface area contributed by atoms with Crippen molar-refractivity contribution < 1.29 is 10.2 Å². The van der Waals surface area contributed by atoms with Crippen molar-refractivity contribution in [2.45, 2.75) is 32.9 Å². The lowest BCUT2D eigenvalue weighted by atomic mass is 10.1. The van der Waals surface area contributed by atoms with Gasteiger partial charge in [0.2, 0.25) is 0 Å². The molecule has 0 saturated carbocycles. The van der Waals surface area contributed by atoms with Crippen LogP contribution in [0, 0.1) is 5.92 Å². The lowest BCUT2D eigenvalue weighted by Crippen LogP contribution is -2.40. The van der Waals surface area contributed by atoms with Crippen molar-refractivity contribution in [3.63, 3.8) is 0 Å². The second kappa shape index (κ2) is 6.10. The van der Waals surface area contributed by atoms with Crippen LogP contribution in [0.5, 0.6) is 0 Å². The number of aliphatic hydroxyl groups is 2. The molecule has 1 aromatic heterocycles. The number of nitrogens with two attached hydrogens (primary N) is 1. The maximum atomic E-state index is 11.7. The molecule has 20 heavy (non-hydrogen) atoms. The minimum absolute atomic E-state index is 0.0129. The van der Waals surface area contributed by atoms with E-state index in [0.717, 1.165) is 0 Å². The Labute approximate surface area is 116 Å². The zero-order valence-electron chi connectivity index (χ0n) is 11.9. The van der Waals surface area contributed by atoms with Gasteiger partial charge in [-0.2, -0.15) is 0 Å². The van der Waals surface area contributed by atoms with Crippen molar-refractivity contribution in [1.29, 1.82) is 0 Å². The fraction of sp³-hybridized carbons (Fsp3) is 0.667. The van der Waals surface area contributed by atoms with Crippen LogP contribution in [-0.4, -0.2) is 38.5 Å². The average molecular weight is 286 g/mol. The number of aliphatic hydroxyl groups excluding tert-OH is 1.